The number of benzene rings is 1. The van der Waals surface area contributed by atoms with Crippen LogP contribution in [0.1, 0.15) is 49.8 Å². The fourth-order valence-corrected chi connectivity index (χ4v) is 5.21. The first-order valence-corrected chi connectivity index (χ1v) is 12.2. The molecule has 184 valence electrons. The van der Waals surface area contributed by atoms with E-state index >= 15 is 0 Å². The Kier molecular flexibility index (Phi) is 6.73. The number of fused-ring (bicyclic) bond motifs is 1. The molecule has 1 aromatic heterocycles. The summed E-state index contributed by atoms with van der Waals surface area (Å²) in [5.74, 6) is 2.15. The summed E-state index contributed by atoms with van der Waals surface area (Å²) in [6, 6.07) is 7.97. The minimum atomic E-state index is -0.0574. The summed E-state index contributed by atoms with van der Waals surface area (Å²) in [4.78, 5) is 19.1. The van der Waals surface area contributed by atoms with E-state index in [0.717, 1.165) is 49.3 Å². The number of methoxy groups -OCH3 is 1. The minimum Gasteiger partial charge on any atom is -0.490 e. The van der Waals surface area contributed by atoms with E-state index in [9.17, 15) is 10.1 Å². The van der Waals surface area contributed by atoms with Crippen LogP contribution < -0.4 is 18.8 Å². The average Bonchev–Trinajstić information content (AvgIpc) is 3.36. The Morgan fingerprint density at radius 3 is 2.89 bits per heavy atom. The van der Waals surface area contributed by atoms with Crippen molar-refractivity contribution in [2.75, 3.05) is 33.4 Å². The van der Waals surface area contributed by atoms with E-state index in [1.165, 1.54) is 7.11 Å². The van der Waals surface area contributed by atoms with Crippen LogP contribution in [0.5, 0.6) is 17.4 Å². The highest BCUT2D eigenvalue weighted by Gasteiger charge is 2.34. The summed E-state index contributed by atoms with van der Waals surface area (Å²) in [5.41, 5.74) is 1.36. The molecule has 4 heterocycles. The topological polar surface area (TPSA) is 97.8 Å². The molecule has 9 heteroatoms. The lowest BCUT2D eigenvalue weighted by molar-refractivity contribution is -0.719. The summed E-state index contributed by atoms with van der Waals surface area (Å²) >= 11 is 0. The van der Waals surface area contributed by atoms with Crippen LogP contribution in [0.3, 0.4) is 0 Å². The van der Waals surface area contributed by atoms with Crippen molar-refractivity contribution in [1.29, 1.82) is 5.26 Å². The molecule has 2 saturated heterocycles. The van der Waals surface area contributed by atoms with E-state index in [0.29, 0.717) is 31.2 Å². The van der Waals surface area contributed by atoms with Gasteiger partial charge in [0.2, 0.25) is 5.91 Å². The maximum absolute atomic E-state index is 12.9. The first kappa shape index (κ1) is 23.4. The highest BCUT2D eigenvalue weighted by Crippen LogP contribution is 2.37. The van der Waals surface area contributed by atoms with E-state index in [-0.39, 0.29) is 30.1 Å². The SMILES string of the molecule is COc1nc[n+](C2C[C@@H](C)Oc3ccc(O[C@H]4CCN(C(=O)C5CCOCC5)C4)cc32)cc1C#N. The molecule has 0 aliphatic carbocycles. The van der Waals surface area contributed by atoms with Gasteiger partial charge in [0.15, 0.2) is 5.56 Å². The van der Waals surface area contributed by atoms with Gasteiger partial charge in [-0.05, 0) is 42.9 Å². The van der Waals surface area contributed by atoms with Crippen LogP contribution in [-0.2, 0) is 9.53 Å². The van der Waals surface area contributed by atoms with Crippen LogP contribution in [-0.4, -0.2) is 61.4 Å². The van der Waals surface area contributed by atoms with Gasteiger partial charge in [-0.1, -0.05) is 0 Å². The molecule has 35 heavy (non-hydrogen) atoms. The van der Waals surface area contributed by atoms with Crippen LogP contribution in [0.15, 0.2) is 30.7 Å². The van der Waals surface area contributed by atoms with Crippen LogP contribution >= 0.6 is 0 Å². The van der Waals surface area contributed by atoms with Crippen molar-refractivity contribution in [3.63, 3.8) is 0 Å². The van der Waals surface area contributed by atoms with Gasteiger partial charge in [0, 0.05) is 44.1 Å². The fraction of sp³-hybridized carbons (Fsp3) is 0.538. The predicted octanol–water partition coefficient (Wildman–Crippen LogP) is 2.42. The van der Waals surface area contributed by atoms with Crippen LogP contribution in [0.25, 0.3) is 0 Å². The Morgan fingerprint density at radius 1 is 1.29 bits per heavy atom. The Morgan fingerprint density at radius 2 is 2.11 bits per heavy atom. The normalized spacial score (nSPS) is 24.3. The third-order valence-corrected chi connectivity index (χ3v) is 7.04. The molecule has 2 fully saturated rings. The van der Waals surface area contributed by atoms with E-state index in [4.69, 9.17) is 18.9 Å². The minimum absolute atomic E-state index is 0.0130. The summed E-state index contributed by atoms with van der Waals surface area (Å²) in [6.07, 6.45) is 6.58. The zero-order valence-corrected chi connectivity index (χ0v) is 20.2. The highest BCUT2D eigenvalue weighted by molar-refractivity contribution is 5.79. The van der Waals surface area contributed by atoms with Crippen molar-refractivity contribution in [2.45, 2.75) is 50.9 Å². The fourth-order valence-electron chi connectivity index (χ4n) is 5.21. The second-order valence-corrected chi connectivity index (χ2v) is 9.43. The number of amides is 1. The predicted molar refractivity (Wildman–Crippen MR) is 124 cm³/mol. The van der Waals surface area contributed by atoms with Gasteiger partial charge in [-0.25, -0.2) is 4.57 Å². The van der Waals surface area contributed by atoms with Gasteiger partial charge >= 0.3 is 5.88 Å². The van der Waals surface area contributed by atoms with Gasteiger partial charge in [-0.3, -0.25) is 4.79 Å². The Labute approximate surface area is 205 Å². The molecule has 0 spiro atoms. The van der Waals surface area contributed by atoms with Crippen molar-refractivity contribution in [1.82, 2.24) is 9.88 Å². The number of hydrogen-bond acceptors (Lipinski definition) is 7. The first-order chi connectivity index (χ1) is 17.1. The van der Waals surface area contributed by atoms with E-state index in [2.05, 4.69) is 11.1 Å². The molecule has 1 unspecified atom stereocenters. The number of ether oxygens (including phenoxy) is 4. The Hall–Kier alpha value is -3.38. The Bertz CT molecular complexity index is 1130. The van der Waals surface area contributed by atoms with Crippen LogP contribution in [0.4, 0.5) is 0 Å². The molecular formula is C26H31N4O5+. The van der Waals surface area contributed by atoms with Crippen LogP contribution in [0.2, 0.25) is 0 Å². The smallest absolute Gasteiger partial charge is 0.349 e. The van der Waals surface area contributed by atoms with E-state index in [1.807, 2.05) is 34.6 Å². The Balaban J connectivity index is 1.32. The molecule has 3 atom stereocenters. The molecule has 0 N–H and O–H groups in total. The van der Waals surface area contributed by atoms with Gasteiger partial charge in [-0.2, -0.15) is 5.26 Å². The van der Waals surface area contributed by atoms with Gasteiger partial charge in [0.25, 0.3) is 6.33 Å². The van der Waals surface area contributed by atoms with Gasteiger partial charge in [-0.15, -0.1) is 0 Å². The van der Waals surface area contributed by atoms with E-state index in [1.54, 1.807) is 12.5 Å². The molecule has 9 nitrogen and oxygen atoms in total. The molecule has 1 amide bonds. The number of hydrogen-bond donors (Lipinski definition) is 0. The van der Waals surface area contributed by atoms with Gasteiger partial charge in [0.1, 0.15) is 42.0 Å². The van der Waals surface area contributed by atoms with E-state index < -0.39 is 0 Å². The number of nitrogens with zero attached hydrogens (tertiary/aromatic N) is 4. The number of carbonyl (C=O) groups is 1. The zero-order valence-electron chi connectivity index (χ0n) is 20.2. The highest BCUT2D eigenvalue weighted by atomic mass is 16.5. The van der Waals surface area contributed by atoms with Crippen molar-refractivity contribution in [3.8, 4) is 23.4 Å². The molecule has 0 saturated carbocycles. The summed E-state index contributed by atoms with van der Waals surface area (Å²) < 4.78 is 24.9. The maximum atomic E-state index is 12.9. The standard InChI is InChI=1S/C26H31N4O5/c1-17-11-23(30-14-19(13-27)25(32-2)28-16-30)22-12-20(3-4-24(22)34-17)35-21-5-8-29(15-21)26(31)18-6-9-33-10-7-18/h3-4,12,14,16-18,21,23H,5-11,15H2,1-2H3/q+1/t17-,21+,23?/m1/s1. The molecule has 0 radical (unpaired) electrons. The van der Waals surface area contributed by atoms with Gasteiger partial charge in [0.05, 0.1) is 13.7 Å². The molecule has 5 rings (SSSR count). The number of aromatic nitrogens is 2. The molecular weight excluding hydrogens is 448 g/mol. The van der Waals surface area contributed by atoms with Crippen molar-refractivity contribution >= 4 is 5.91 Å². The summed E-state index contributed by atoms with van der Waals surface area (Å²) in [7, 11) is 1.50. The van der Waals surface area contributed by atoms with Crippen molar-refractivity contribution in [2.24, 2.45) is 5.92 Å². The largest absolute Gasteiger partial charge is 0.490 e. The third kappa shape index (κ3) is 4.89. The monoisotopic (exact) mass is 479 g/mol. The molecule has 2 aromatic rings. The first-order valence-electron chi connectivity index (χ1n) is 12.2. The number of rotatable bonds is 5. The van der Waals surface area contributed by atoms with Crippen molar-refractivity contribution in [3.05, 3.63) is 41.9 Å². The van der Waals surface area contributed by atoms with Gasteiger partial charge < -0.3 is 23.8 Å². The third-order valence-electron chi connectivity index (χ3n) is 7.04. The summed E-state index contributed by atoms with van der Waals surface area (Å²) in [5, 5.41) is 9.50. The molecule has 0 bridgehead atoms. The number of nitriles is 1. The molecule has 3 aliphatic rings. The lowest BCUT2D eigenvalue weighted by atomic mass is 9.96. The summed E-state index contributed by atoms with van der Waals surface area (Å²) in [6.45, 7) is 4.69. The lowest BCUT2D eigenvalue weighted by Gasteiger charge is -2.29. The van der Waals surface area contributed by atoms with Crippen molar-refractivity contribution < 1.29 is 28.3 Å². The second kappa shape index (κ2) is 10.1. The lowest BCUT2D eigenvalue weighted by Crippen LogP contribution is -2.44. The molecule has 3 aliphatic heterocycles. The number of likely N-dealkylation sites (tertiary alicyclic amines) is 1. The second-order valence-electron chi connectivity index (χ2n) is 9.43. The van der Waals surface area contributed by atoms with Crippen LogP contribution in [0, 0.1) is 17.2 Å². The number of carbonyl (C=O) groups excluding carboxylic acids is 1. The molecule has 1 aromatic carbocycles. The quantitative estimate of drug-likeness (QED) is 0.608. The zero-order chi connectivity index (χ0) is 24.4. The maximum Gasteiger partial charge on any atom is 0.349 e. The average molecular weight is 480 g/mol.